The molecule has 0 spiro atoms. The molecule has 2 heteroatoms. The first-order chi connectivity index (χ1) is 9.78. The summed E-state index contributed by atoms with van der Waals surface area (Å²) in [5.74, 6) is 1.52. The Morgan fingerprint density at radius 1 is 1.20 bits per heavy atom. The fourth-order valence-corrected chi connectivity index (χ4v) is 3.10. The van der Waals surface area contributed by atoms with Gasteiger partial charge >= 0.3 is 0 Å². The van der Waals surface area contributed by atoms with Gasteiger partial charge < -0.3 is 10.1 Å². The van der Waals surface area contributed by atoms with Gasteiger partial charge in [-0.2, -0.15) is 0 Å². The molecule has 2 nitrogen and oxygen atoms in total. The third-order valence-corrected chi connectivity index (χ3v) is 4.10. The van der Waals surface area contributed by atoms with Crippen LogP contribution in [0.25, 0.3) is 0 Å². The van der Waals surface area contributed by atoms with Crippen LogP contribution in [0.2, 0.25) is 0 Å². The smallest absolute Gasteiger partial charge is 0.122 e. The summed E-state index contributed by atoms with van der Waals surface area (Å²) in [7, 11) is 1.75. The Kier molecular flexibility index (Phi) is 3.75. The molecule has 1 unspecified atom stereocenters. The summed E-state index contributed by atoms with van der Waals surface area (Å²) in [6.45, 7) is 4.15. The average molecular weight is 267 g/mol. The van der Waals surface area contributed by atoms with Crippen LogP contribution in [-0.4, -0.2) is 13.7 Å². The van der Waals surface area contributed by atoms with Gasteiger partial charge in [0.25, 0.3) is 0 Å². The van der Waals surface area contributed by atoms with Crippen molar-refractivity contribution in [3.8, 4) is 5.75 Å². The lowest BCUT2D eigenvalue weighted by molar-refractivity contribution is 0.406. The molecule has 20 heavy (non-hydrogen) atoms. The van der Waals surface area contributed by atoms with Crippen LogP contribution in [0, 0.1) is 6.92 Å². The van der Waals surface area contributed by atoms with Crippen LogP contribution >= 0.6 is 0 Å². The molecule has 1 atom stereocenters. The summed E-state index contributed by atoms with van der Waals surface area (Å²) in [4.78, 5) is 0. The summed E-state index contributed by atoms with van der Waals surface area (Å²) in [6, 6.07) is 15.2. The highest BCUT2D eigenvalue weighted by Gasteiger charge is 2.21. The number of ether oxygens (including phenoxy) is 1. The number of methoxy groups -OCH3 is 1. The molecule has 0 amide bonds. The summed E-state index contributed by atoms with van der Waals surface area (Å²) >= 11 is 0. The van der Waals surface area contributed by atoms with Gasteiger partial charge in [0.15, 0.2) is 0 Å². The number of benzene rings is 2. The number of rotatable bonds is 3. The van der Waals surface area contributed by atoms with Crippen LogP contribution in [0.3, 0.4) is 0 Å². The van der Waals surface area contributed by atoms with Crippen molar-refractivity contribution in [3.05, 3.63) is 64.7 Å². The van der Waals surface area contributed by atoms with Gasteiger partial charge in [-0.25, -0.2) is 0 Å². The maximum absolute atomic E-state index is 5.51. The molecular formula is C18H21NO. The molecule has 0 aliphatic carbocycles. The van der Waals surface area contributed by atoms with Crippen molar-refractivity contribution in [2.75, 3.05) is 13.7 Å². The van der Waals surface area contributed by atoms with Crippen molar-refractivity contribution < 1.29 is 4.74 Å². The van der Waals surface area contributed by atoms with Crippen LogP contribution in [-0.2, 0) is 13.0 Å². The monoisotopic (exact) mass is 267 g/mol. The van der Waals surface area contributed by atoms with Crippen molar-refractivity contribution in [2.24, 2.45) is 0 Å². The van der Waals surface area contributed by atoms with Crippen molar-refractivity contribution in [1.29, 1.82) is 0 Å². The molecule has 1 N–H and O–H groups in total. The van der Waals surface area contributed by atoms with Gasteiger partial charge in [-0.1, -0.05) is 42.0 Å². The van der Waals surface area contributed by atoms with Gasteiger partial charge in [0, 0.05) is 19.0 Å². The first-order valence-corrected chi connectivity index (χ1v) is 7.20. The molecule has 0 saturated heterocycles. The molecule has 0 bridgehead atoms. The van der Waals surface area contributed by atoms with Crippen LogP contribution in [0.15, 0.2) is 42.5 Å². The molecule has 1 heterocycles. The van der Waals surface area contributed by atoms with Gasteiger partial charge in [-0.05, 0) is 36.1 Å². The van der Waals surface area contributed by atoms with E-state index in [2.05, 4.69) is 54.7 Å². The molecule has 0 fully saturated rings. The standard InChI is InChI=1S/C18H21NO/c1-13-7-8-18(20-2)15(9-13)10-16-12-19-11-14-5-3-4-6-17(14)16/h3-9,16,19H,10-12H2,1-2H3. The largest absolute Gasteiger partial charge is 0.496 e. The molecule has 1 aliphatic heterocycles. The Hall–Kier alpha value is -1.80. The van der Waals surface area contributed by atoms with Crippen LogP contribution < -0.4 is 10.1 Å². The maximum atomic E-state index is 5.51. The third kappa shape index (κ3) is 2.56. The fourth-order valence-electron chi connectivity index (χ4n) is 3.10. The van der Waals surface area contributed by atoms with E-state index in [4.69, 9.17) is 4.74 Å². The van der Waals surface area contributed by atoms with Gasteiger partial charge in [-0.15, -0.1) is 0 Å². The van der Waals surface area contributed by atoms with Crippen LogP contribution in [0.1, 0.15) is 28.2 Å². The van der Waals surface area contributed by atoms with Gasteiger partial charge in [0.1, 0.15) is 5.75 Å². The van der Waals surface area contributed by atoms with Gasteiger partial charge in [0.2, 0.25) is 0 Å². The van der Waals surface area contributed by atoms with E-state index in [9.17, 15) is 0 Å². The lowest BCUT2D eigenvalue weighted by Crippen LogP contribution is -2.29. The van der Waals surface area contributed by atoms with E-state index in [0.29, 0.717) is 5.92 Å². The Balaban J connectivity index is 1.91. The SMILES string of the molecule is COc1ccc(C)cc1CC1CNCc2ccccc21. The van der Waals surface area contributed by atoms with E-state index in [-0.39, 0.29) is 0 Å². The second kappa shape index (κ2) is 5.68. The Morgan fingerprint density at radius 3 is 2.90 bits per heavy atom. The van der Waals surface area contributed by atoms with Crippen molar-refractivity contribution >= 4 is 0 Å². The summed E-state index contributed by atoms with van der Waals surface area (Å²) in [5, 5.41) is 3.52. The number of fused-ring (bicyclic) bond motifs is 1. The Bertz CT molecular complexity index is 606. The highest BCUT2D eigenvalue weighted by Crippen LogP contribution is 2.30. The highest BCUT2D eigenvalue weighted by molar-refractivity contribution is 5.40. The van der Waals surface area contributed by atoms with Crippen LogP contribution in [0.4, 0.5) is 0 Å². The average Bonchev–Trinajstić information content (AvgIpc) is 2.48. The quantitative estimate of drug-likeness (QED) is 0.920. The zero-order valence-electron chi connectivity index (χ0n) is 12.1. The third-order valence-electron chi connectivity index (χ3n) is 4.10. The number of nitrogens with one attached hydrogen (secondary N) is 1. The summed E-state index contributed by atoms with van der Waals surface area (Å²) in [5.41, 5.74) is 5.50. The number of hydrogen-bond donors (Lipinski definition) is 1. The predicted molar refractivity (Wildman–Crippen MR) is 82.3 cm³/mol. The predicted octanol–water partition coefficient (Wildman–Crippen LogP) is 3.43. The molecule has 1 aliphatic rings. The van der Waals surface area contributed by atoms with E-state index in [0.717, 1.165) is 25.3 Å². The summed E-state index contributed by atoms with van der Waals surface area (Å²) in [6.07, 6.45) is 1.02. The maximum Gasteiger partial charge on any atom is 0.122 e. The second-order valence-electron chi connectivity index (χ2n) is 5.55. The number of hydrogen-bond acceptors (Lipinski definition) is 2. The fraction of sp³-hybridized carbons (Fsp3) is 0.333. The first kappa shape index (κ1) is 13.2. The highest BCUT2D eigenvalue weighted by atomic mass is 16.5. The number of aryl methyl sites for hydroxylation is 1. The zero-order valence-corrected chi connectivity index (χ0v) is 12.1. The van der Waals surface area contributed by atoms with Crippen molar-refractivity contribution in [1.82, 2.24) is 5.32 Å². The first-order valence-electron chi connectivity index (χ1n) is 7.20. The molecule has 0 aromatic heterocycles. The molecule has 0 radical (unpaired) electrons. The minimum absolute atomic E-state index is 0.524. The van der Waals surface area contributed by atoms with E-state index in [1.54, 1.807) is 7.11 Å². The van der Waals surface area contributed by atoms with Gasteiger partial charge in [0.05, 0.1) is 7.11 Å². The Morgan fingerprint density at radius 2 is 2.05 bits per heavy atom. The topological polar surface area (TPSA) is 21.3 Å². The molecule has 2 aromatic rings. The van der Waals surface area contributed by atoms with Crippen molar-refractivity contribution in [2.45, 2.75) is 25.8 Å². The minimum atomic E-state index is 0.524. The lowest BCUT2D eigenvalue weighted by Gasteiger charge is -2.27. The minimum Gasteiger partial charge on any atom is -0.496 e. The molecule has 3 rings (SSSR count). The van der Waals surface area contributed by atoms with Gasteiger partial charge in [-0.3, -0.25) is 0 Å². The van der Waals surface area contributed by atoms with E-state index in [1.165, 1.54) is 22.3 Å². The Labute approximate surface area is 120 Å². The molecular weight excluding hydrogens is 246 g/mol. The molecule has 2 aromatic carbocycles. The van der Waals surface area contributed by atoms with E-state index in [1.807, 2.05) is 0 Å². The van der Waals surface area contributed by atoms with E-state index < -0.39 is 0 Å². The molecule has 104 valence electrons. The zero-order chi connectivity index (χ0) is 13.9. The van der Waals surface area contributed by atoms with Crippen molar-refractivity contribution in [3.63, 3.8) is 0 Å². The lowest BCUT2D eigenvalue weighted by atomic mass is 9.86. The summed E-state index contributed by atoms with van der Waals surface area (Å²) < 4.78 is 5.51. The van der Waals surface area contributed by atoms with E-state index >= 15 is 0 Å². The van der Waals surface area contributed by atoms with Crippen LogP contribution in [0.5, 0.6) is 5.75 Å². The molecule has 0 saturated carbocycles. The second-order valence-corrected chi connectivity index (χ2v) is 5.55. The normalized spacial score (nSPS) is 17.6.